The normalized spacial score (nSPS) is 26.4. The number of hydrogen-bond acceptors (Lipinski definition) is 6. The van der Waals surface area contributed by atoms with Crippen molar-refractivity contribution in [2.24, 2.45) is 0 Å². The highest BCUT2D eigenvalue weighted by molar-refractivity contribution is 5.94. The van der Waals surface area contributed by atoms with Crippen LogP contribution in [0.5, 0.6) is 0 Å². The predicted molar refractivity (Wildman–Crippen MR) is 106 cm³/mol. The first-order valence-corrected chi connectivity index (χ1v) is 10.4. The molecular formula is C21H27N5O3. The smallest absolute Gasteiger partial charge is 0.255 e. The molecule has 1 spiro atoms. The lowest BCUT2D eigenvalue weighted by Crippen LogP contribution is -2.54. The Morgan fingerprint density at radius 1 is 1.28 bits per heavy atom. The van der Waals surface area contributed by atoms with Crippen LogP contribution in [0.3, 0.4) is 0 Å². The summed E-state index contributed by atoms with van der Waals surface area (Å²) in [6.45, 7) is 5.88. The maximum atomic E-state index is 13.0. The summed E-state index contributed by atoms with van der Waals surface area (Å²) in [6.07, 6.45) is 7.68. The number of nitrogens with zero attached hydrogens (tertiary/aromatic N) is 4. The van der Waals surface area contributed by atoms with Gasteiger partial charge in [-0.15, -0.1) is 0 Å². The lowest BCUT2D eigenvalue weighted by molar-refractivity contribution is -0.171. The summed E-state index contributed by atoms with van der Waals surface area (Å²) in [5, 5.41) is 2.99. The van der Waals surface area contributed by atoms with E-state index >= 15 is 0 Å². The number of rotatable bonds is 3. The van der Waals surface area contributed by atoms with Crippen molar-refractivity contribution in [3.8, 4) is 0 Å². The van der Waals surface area contributed by atoms with E-state index in [1.165, 1.54) is 0 Å². The van der Waals surface area contributed by atoms with Crippen LogP contribution in [-0.4, -0.2) is 63.8 Å². The van der Waals surface area contributed by atoms with Crippen LogP contribution < -0.4 is 5.32 Å². The molecule has 0 aliphatic carbocycles. The number of nitrogens with one attached hydrogen (secondary N) is 1. The van der Waals surface area contributed by atoms with Gasteiger partial charge in [-0.2, -0.15) is 0 Å². The molecule has 0 saturated carbocycles. The van der Waals surface area contributed by atoms with E-state index in [1.54, 1.807) is 6.20 Å². The number of anilines is 1. The molecule has 1 amide bonds. The van der Waals surface area contributed by atoms with Crippen LogP contribution in [0, 0.1) is 6.92 Å². The van der Waals surface area contributed by atoms with E-state index in [4.69, 9.17) is 9.47 Å². The molecule has 2 aromatic heterocycles. The Morgan fingerprint density at radius 2 is 2.14 bits per heavy atom. The van der Waals surface area contributed by atoms with Gasteiger partial charge in [-0.3, -0.25) is 14.7 Å². The summed E-state index contributed by atoms with van der Waals surface area (Å²) in [7, 11) is 0. The lowest BCUT2D eigenvalue weighted by atomic mass is 9.87. The second kappa shape index (κ2) is 7.51. The highest BCUT2D eigenvalue weighted by Gasteiger charge is 2.48. The Labute approximate surface area is 170 Å². The van der Waals surface area contributed by atoms with E-state index in [2.05, 4.69) is 24.8 Å². The summed E-state index contributed by atoms with van der Waals surface area (Å²) in [4.78, 5) is 24.4. The van der Waals surface area contributed by atoms with Crippen LogP contribution in [0.2, 0.25) is 0 Å². The molecule has 0 bridgehead atoms. The Kier molecular flexibility index (Phi) is 4.85. The second-order valence-corrected chi connectivity index (χ2v) is 8.18. The summed E-state index contributed by atoms with van der Waals surface area (Å²) >= 11 is 0. The van der Waals surface area contributed by atoms with Crippen molar-refractivity contribution in [2.75, 3.05) is 31.6 Å². The van der Waals surface area contributed by atoms with Crippen molar-refractivity contribution in [1.29, 1.82) is 0 Å². The van der Waals surface area contributed by atoms with E-state index in [0.29, 0.717) is 12.6 Å². The maximum Gasteiger partial charge on any atom is 0.255 e. The van der Waals surface area contributed by atoms with Gasteiger partial charge in [0.05, 0.1) is 24.5 Å². The zero-order valence-electron chi connectivity index (χ0n) is 16.7. The molecule has 154 valence electrons. The highest BCUT2D eigenvalue weighted by Crippen LogP contribution is 2.41. The number of likely N-dealkylation sites (tertiary alicyclic amines) is 1. The Bertz CT molecular complexity index is 884. The molecule has 2 aromatic rings. The van der Waals surface area contributed by atoms with E-state index in [-0.39, 0.29) is 5.91 Å². The van der Waals surface area contributed by atoms with Crippen molar-refractivity contribution in [2.45, 2.75) is 50.5 Å². The molecule has 0 radical (unpaired) electrons. The molecule has 3 aliphatic rings. The van der Waals surface area contributed by atoms with E-state index in [0.717, 1.165) is 62.8 Å². The first kappa shape index (κ1) is 18.7. The molecule has 2 fully saturated rings. The molecule has 2 saturated heterocycles. The minimum absolute atomic E-state index is 0.133. The topological polar surface area (TPSA) is 81.5 Å². The van der Waals surface area contributed by atoms with Crippen LogP contribution >= 0.6 is 0 Å². The molecule has 3 aliphatic heterocycles. The molecule has 8 nitrogen and oxygen atoms in total. The third-order valence-electron chi connectivity index (χ3n) is 6.44. The van der Waals surface area contributed by atoms with Crippen molar-refractivity contribution >= 4 is 11.6 Å². The molecular weight excluding hydrogens is 370 g/mol. The number of fused-ring (bicyclic) bond motifs is 2. The van der Waals surface area contributed by atoms with Gasteiger partial charge in [0.15, 0.2) is 6.10 Å². The van der Waals surface area contributed by atoms with E-state index < -0.39 is 11.7 Å². The maximum absolute atomic E-state index is 13.0. The van der Waals surface area contributed by atoms with Gasteiger partial charge >= 0.3 is 0 Å². The molecule has 0 unspecified atom stereocenters. The first-order chi connectivity index (χ1) is 14.1. The summed E-state index contributed by atoms with van der Waals surface area (Å²) < 4.78 is 14.2. The average molecular weight is 397 g/mol. The predicted octanol–water partition coefficient (Wildman–Crippen LogP) is 1.70. The Hall–Kier alpha value is -2.29. The molecule has 0 aromatic carbocycles. The van der Waals surface area contributed by atoms with Crippen LogP contribution in [0.25, 0.3) is 0 Å². The monoisotopic (exact) mass is 397 g/mol. The van der Waals surface area contributed by atoms with Gasteiger partial charge in [-0.25, -0.2) is 4.98 Å². The van der Waals surface area contributed by atoms with Gasteiger partial charge in [0, 0.05) is 44.3 Å². The fourth-order valence-corrected chi connectivity index (χ4v) is 4.76. The molecule has 2 atom stereocenters. The second-order valence-electron chi connectivity index (χ2n) is 8.18. The Morgan fingerprint density at radius 3 is 2.90 bits per heavy atom. The fourth-order valence-electron chi connectivity index (χ4n) is 4.76. The summed E-state index contributed by atoms with van der Waals surface area (Å²) in [6, 6.07) is 4.19. The lowest BCUT2D eigenvalue weighted by Gasteiger charge is -2.46. The number of hydrogen-bond donors (Lipinski definition) is 1. The average Bonchev–Trinajstić information content (AvgIpc) is 3.42. The fraction of sp³-hybridized carbons (Fsp3) is 0.571. The number of aryl methyl sites for hydroxylation is 1. The van der Waals surface area contributed by atoms with Crippen LogP contribution in [-0.2, 0) is 26.4 Å². The minimum atomic E-state index is -0.558. The van der Waals surface area contributed by atoms with Crippen molar-refractivity contribution < 1.29 is 14.3 Å². The number of carbonyl (C=O) groups is 1. The number of piperidine rings is 1. The third kappa shape index (κ3) is 3.45. The van der Waals surface area contributed by atoms with Gasteiger partial charge in [-0.1, -0.05) is 0 Å². The van der Waals surface area contributed by atoms with Gasteiger partial charge in [0.2, 0.25) is 0 Å². The van der Waals surface area contributed by atoms with Gasteiger partial charge in [-0.05, 0) is 38.3 Å². The third-order valence-corrected chi connectivity index (χ3v) is 6.44. The molecule has 8 heteroatoms. The quantitative estimate of drug-likeness (QED) is 0.849. The number of pyridine rings is 1. The minimum Gasteiger partial charge on any atom is -0.380 e. The highest BCUT2D eigenvalue weighted by atomic mass is 16.5. The van der Waals surface area contributed by atoms with Gasteiger partial charge in [0.1, 0.15) is 11.4 Å². The SMILES string of the molecule is Cc1ncccc1NC(=O)[C@H]1Cn2ccnc2C2(CCN([C@@H]3CCOC3)CC2)O1. The standard InChI is InChI=1S/C21H27N5O3/c1-15-17(3-2-7-22-15)24-19(27)18-13-26-11-8-23-20(26)21(29-18)5-9-25(10-6-21)16-4-12-28-14-16/h2-3,7-8,11,16,18H,4-6,9-10,12-14H2,1H3,(H,24,27)/t16-,18-/m1/s1. The van der Waals surface area contributed by atoms with Gasteiger partial charge in [0.25, 0.3) is 5.91 Å². The number of carbonyl (C=O) groups excluding carboxylic acids is 1. The molecule has 29 heavy (non-hydrogen) atoms. The van der Waals surface area contributed by atoms with Crippen LogP contribution in [0.1, 0.15) is 30.8 Å². The zero-order valence-corrected chi connectivity index (χ0v) is 16.7. The number of ether oxygens (including phenoxy) is 2. The van der Waals surface area contributed by atoms with Crippen molar-refractivity contribution in [1.82, 2.24) is 19.4 Å². The number of aromatic nitrogens is 3. The largest absolute Gasteiger partial charge is 0.380 e. The molecule has 5 rings (SSSR count). The van der Waals surface area contributed by atoms with E-state index in [9.17, 15) is 4.79 Å². The molecule has 5 heterocycles. The Balaban J connectivity index is 1.34. The van der Waals surface area contributed by atoms with Crippen molar-refractivity contribution in [3.63, 3.8) is 0 Å². The van der Waals surface area contributed by atoms with Crippen LogP contribution in [0.15, 0.2) is 30.7 Å². The number of amides is 1. The molecule has 1 N–H and O–H groups in total. The van der Waals surface area contributed by atoms with E-state index in [1.807, 2.05) is 31.5 Å². The van der Waals surface area contributed by atoms with Crippen LogP contribution in [0.4, 0.5) is 5.69 Å². The van der Waals surface area contributed by atoms with Crippen molar-refractivity contribution in [3.05, 3.63) is 42.2 Å². The number of imidazole rings is 1. The summed E-state index contributed by atoms with van der Waals surface area (Å²) in [5.74, 6) is 0.813. The summed E-state index contributed by atoms with van der Waals surface area (Å²) in [5.41, 5.74) is 1.01. The van der Waals surface area contributed by atoms with Gasteiger partial charge < -0.3 is 19.4 Å². The zero-order chi connectivity index (χ0) is 19.8. The first-order valence-electron chi connectivity index (χ1n) is 10.4.